The number of ether oxygens (including phenoxy) is 2. The van der Waals surface area contributed by atoms with E-state index in [1.807, 2.05) is 19.1 Å². The summed E-state index contributed by atoms with van der Waals surface area (Å²) in [6.07, 6.45) is 9.59. The van der Waals surface area contributed by atoms with Crippen LogP contribution in [0.15, 0.2) is 48.6 Å². The van der Waals surface area contributed by atoms with E-state index in [1.54, 1.807) is 32.2 Å². The van der Waals surface area contributed by atoms with Gasteiger partial charge in [-0.15, -0.1) is 0 Å². The second kappa shape index (κ2) is 12.8. The van der Waals surface area contributed by atoms with Crippen molar-refractivity contribution < 1.29 is 22.7 Å². The first kappa shape index (κ1) is 29.9. The van der Waals surface area contributed by atoms with Crippen molar-refractivity contribution in [1.82, 2.24) is 4.72 Å². The molecule has 2 aromatic carbocycles. The lowest BCUT2D eigenvalue weighted by Crippen LogP contribution is -2.43. The Bertz CT molecular complexity index is 1390. The molecule has 1 saturated carbocycles. The first-order valence-electron chi connectivity index (χ1n) is 14.7. The summed E-state index contributed by atoms with van der Waals surface area (Å²) in [5.74, 6) is 0.629. The normalized spacial score (nSPS) is 29.4. The van der Waals surface area contributed by atoms with Gasteiger partial charge >= 0.3 is 0 Å². The second-order valence-corrected chi connectivity index (χ2v) is 14.3. The van der Waals surface area contributed by atoms with Gasteiger partial charge in [-0.2, -0.15) is 0 Å². The van der Waals surface area contributed by atoms with E-state index in [0.717, 1.165) is 49.4 Å². The monoisotopic (exact) mass is 600 g/mol. The van der Waals surface area contributed by atoms with Crippen molar-refractivity contribution in [2.24, 2.45) is 17.8 Å². The number of carbonyl (C=O) groups is 1. The van der Waals surface area contributed by atoms with Crippen LogP contribution in [0.1, 0.15) is 67.4 Å². The molecule has 9 heteroatoms. The minimum atomic E-state index is -3.89. The number of sulfonamides is 1. The zero-order chi connectivity index (χ0) is 29.1. The minimum absolute atomic E-state index is 0.0439. The van der Waals surface area contributed by atoms with Gasteiger partial charge in [-0.05, 0) is 105 Å². The lowest BCUT2D eigenvalue weighted by molar-refractivity contribution is 0.0133. The average Bonchev–Trinajstić information content (AvgIpc) is 2.96. The fourth-order valence-corrected chi connectivity index (χ4v) is 7.68. The molecule has 0 saturated heterocycles. The van der Waals surface area contributed by atoms with Gasteiger partial charge in [0.1, 0.15) is 5.75 Å². The van der Waals surface area contributed by atoms with Crippen LogP contribution in [0.5, 0.6) is 5.75 Å². The number of hydrogen-bond donors (Lipinski definition) is 1. The van der Waals surface area contributed by atoms with Crippen LogP contribution >= 0.6 is 11.6 Å². The summed E-state index contributed by atoms with van der Waals surface area (Å²) >= 11 is 6.40. The van der Waals surface area contributed by atoms with Crippen LogP contribution < -0.4 is 14.4 Å². The first-order valence-corrected chi connectivity index (χ1v) is 16.6. The SMILES string of the molecule is CO[C@H]1/C=C/C[C@H](C)[C@@H](C)S(=O)(=O)NC(=O)c2ccc3c(c2)N(Cc2ccc(Cl)cc2CCCCO3)C[C@@H]2CC[C@H]21. The fourth-order valence-electron chi connectivity index (χ4n) is 6.20. The van der Waals surface area contributed by atoms with E-state index in [1.165, 1.54) is 11.1 Å². The number of carbonyl (C=O) groups excluding carboxylic acids is 1. The Morgan fingerprint density at radius 2 is 1.90 bits per heavy atom. The average molecular weight is 601 g/mol. The summed E-state index contributed by atoms with van der Waals surface area (Å²) in [4.78, 5) is 15.6. The van der Waals surface area contributed by atoms with Crippen molar-refractivity contribution >= 4 is 33.2 Å². The van der Waals surface area contributed by atoms with E-state index >= 15 is 0 Å². The number of fused-ring (bicyclic) bond motifs is 3. The Labute approximate surface area is 249 Å². The third-order valence-electron chi connectivity index (χ3n) is 9.17. The molecule has 5 rings (SSSR count). The lowest BCUT2D eigenvalue weighted by Gasteiger charge is -2.43. The molecule has 0 spiro atoms. The highest BCUT2D eigenvalue weighted by Crippen LogP contribution is 2.42. The van der Waals surface area contributed by atoms with E-state index in [0.29, 0.717) is 42.7 Å². The van der Waals surface area contributed by atoms with Crippen molar-refractivity contribution in [2.45, 2.75) is 70.3 Å². The predicted octanol–water partition coefficient (Wildman–Crippen LogP) is 6.15. The van der Waals surface area contributed by atoms with Crippen molar-refractivity contribution in [3.8, 4) is 5.75 Å². The highest BCUT2D eigenvalue weighted by Gasteiger charge is 2.38. The highest BCUT2D eigenvalue weighted by molar-refractivity contribution is 7.90. The maximum Gasteiger partial charge on any atom is 0.264 e. The zero-order valence-corrected chi connectivity index (χ0v) is 25.7. The number of aryl methyl sites for hydroxylation is 1. The maximum atomic E-state index is 13.3. The van der Waals surface area contributed by atoms with E-state index in [-0.39, 0.29) is 12.0 Å². The van der Waals surface area contributed by atoms with Gasteiger partial charge in [-0.25, -0.2) is 13.1 Å². The molecule has 222 valence electrons. The second-order valence-electron chi connectivity index (χ2n) is 11.8. The summed E-state index contributed by atoms with van der Waals surface area (Å²) in [6, 6.07) is 11.3. The van der Waals surface area contributed by atoms with Gasteiger partial charge in [0.05, 0.1) is 23.6 Å². The number of halogens is 1. The molecule has 1 amide bonds. The summed E-state index contributed by atoms with van der Waals surface area (Å²) < 4.78 is 41.0. The molecule has 0 radical (unpaired) electrons. The number of anilines is 1. The quantitative estimate of drug-likeness (QED) is 0.395. The Hall–Kier alpha value is -2.55. The number of allylic oxidation sites excluding steroid dienone is 1. The van der Waals surface area contributed by atoms with E-state index < -0.39 is 21.2 Å². The molecule has 2 aromatic rings. The maximum absolute atomic E-state index is 13.3. The Morgan fingerprint density at radius 3 is 2.66 bits per heavy atom. The molecule has 7 nitrogen and oxygen atoms in total. The van der Waals surface area contributed by atoms with Crippen molar-refractivity contribution in [1.29, 1.82) is 0 Å². The molecule has 1 fully saturated rings. The first-order chi connectivity index (χ1) is 19.7. The zero-order valence-electron chi connectivity index (χ0n) is 24.1. The van der Waals surface area contributed by atoms with Crippen molar-refractivity contribution in [3.63, 3.8) is 0 Å². The molecule has 5 atom stereocenters. The lowest BCUT2D eigenvalue weighted by atomic mass is 9.70. The molecular formula is C32H41ClN2O5S. The summed E-state index contributed by atoms with van der Waals surface area (Å²) in [7, 11) is -2.15. The number of nitrogens with one attached hydrogen (secondary N) is 1. The highest BCUT2D eigenvalue weighted by atomic mass is 35.5. The van der Waals surface area contributed by atoms with Crippen LogP contribution in [-0.2, 0) is 27.7 Å². The number of benzene rings is 2. The van der Waals surface area contributed by atoms with Crippen LogP contribution in [0.2, 0.25) is 5.02 Å². The molecular weight excluding hydrogens is 560 g/mol. The van der Waals surface area contributed by atoms with Crippen LogP contribution in [0, 0.1) is 17.8 Å². The van der Waals surface area contributed by atoms with Gasteiger partial charge in [0, 0.05) is 30.8 Å². The number of rotatable bonds is 1. The van der Waals surface area contributed by atoms with Crippen LogP contribution in [0.25, 0.3) is 0 Å². The van der Waals surface area contributed by atoms with Crippen LogP contribution in [0.3, 0.4) is 0 Å². The van der Waals surface area contributed by atoms with Gasteiger partial charge in [-0.3, -0.25) is 4.79 Å². The predicted molar refractivity (Wildman–Crippen MR) is 163 cm³/mol. The molecule has 0 unspecified atom stereocenters. The largest absolute Gasteiger partial charge is 0.491 e. The van der Waals surface area contributed by atoms with Gasteiger partial charge in [-0.1, -0.05) is 36.7 Å². The van der Waals surface area contributed by atoms with Crippen LogP contribution in [0.4, 0.5) is 5.69 Å². The molecule has 1 N–H and O–H groups in total. The van der Waals surface area contributed by atoms with Crippen molar-refractivity contribution in [2.75, 3.05) is 25.2 Å². The standard InChI is InChI=1S/C32H41ClN2O5S/c1-21-7-6-9-30(39-3)28-14-11-26(28)20-35-19-25-10-13-27(33)17-23(25)8-4-5-16-40-31-15-12-24(18-29(31)35)32(36)34-41(37,38)22(21)2/h6,9-10,12-13,15,17-18,21-22,26,28,30H,4-5,7-8,11,14,16,19-20H2,1-3H3,(H,34,36)/b9-6+/t21-,22+,26-,28+,30-/m0/s1. The Balaban J connectivity index is 1.61. The molecule has 0 aromatic heterocycles. The molecule has 2 aliphatic heterocycles. The summed E-state index contributed by atoms with van der Waals surface area (Å²) in [5, 5.41) is -0.0225. The smallest absolute Gasteiger partial charge is 0.264 e. The summed E-state index contributed by atoms with van der Waals surface area (Å²) in [6.45, 7) is 5.48. The molecule has 1 aliphatic carbocycles. The van der Waals surface area contributed by atoms with Gasteiger partial charge in [0.2, 0.25) is 10.0 Å². The number of nitrogens with zero attached hydrogens (tertiary/aromatic N) is 1. The molecule has 3 aliphatic rings. The minimum Gasteiger partial charge on any atom is -0.491 e. The van der Waals surface area contributed by atoms with Gasteiger partial charge < -0.3 is 14.4 Å². The van der Waals surface area contributed by atoms with E-state index in [4.69, 9.17) is 21.1 Å². The third-order valence-corrected chi connectivity index (χ3v) is 11.3. The van der Waals surface area contributed by atoms with Crippen LogP contribution in [-0.4, -0.2) is 45.9 Å². The summed E-state index contributed by atoms with van der Waals surface area (Å²) in [5.41, 5.74) is 3.50. The number of hydrogen-bond acceptors (Lipinski definition) is 6. The molecule has 2 bridgehead atoms. The molecule has 2 heterocycles. The number of amides is 1. The third kappa shape index (κ3) is 6.76. The van der Waals surface area contributed by atoms with E-state index in [9.17, 15) is 13.2 Å². The van der Waals surface area contributed by atoms with Crippen molar-refractivity contribution in [3.05, 3.63) is 70.3 Å². The fraction of sp³-hybridized carbons (Fsp3) is 0.531. The van der Waals surface area contributed by atoms with Gasteiger partial charge in [0.15, 0.2) is 0 Å². The number of methoxy groups -OCH3 is 1. The van der Waals surface area contributed by atoms with Gasteiger partial charge in [0.25, 0.3) is 5.91 Å². The molecule has 41 heavy (non-hydrogen) atoms. The topological polar surface area (TPSA) is 84.9 Å². The Kier molecular flexibility index (Phi) is 9.31. The van der Waals surface area contributed by atoms with E-state index in [2.05, 4.69) is 27.8 Å². The Morgan fingerprint density at radius 1 is 1.07 bits per heavy atom.